The number of benzene rings is 1. The number of aromatic nitrogens is 2. The summed E-state index contributed by atoms with van der Waals surface area (Å²) in [5.74, 6) is -0.398. The van der Waals surface area contributed by atoms with E-state index in [1.54, 1.807) is 18.2 Å². The molecule has 0 unspecified atom stereocenters. The van der Waals surface area contributed by atoms with Crippen LogP contribution in [0.25, 0.3) is 11.0 Å². The summed E-state index contributed by atoms with van der Waals surface area (Å²) >= 11 is 0. The molecule has 0 radical (unpaired) electrons. The fraction of sp³-hybridized carbons (Fsp3) is 0.467. The third-order valence-corrected chi connectivity index (χ3v) is 5.02. The highest BCUT2D eigenvalue weighted by molar-refractivity contribution is 7.90. The molecule has 8 heteroatoms. The average molecular weight is 338 g/mol. The molecular formula is C15H22N4O3S. The Bertz CT molecular complexity index is 783. The number of carbonyl (C=O) groups is 1. The van der Waals surface area contributed by atoms with Gasteiger partial charge in [0, 0.05) is 6.54 Å². The molecule has 1 aromatic carbocycles. The number of para-hydroxylation sites is 1. The number of H-pyrrole nitrogens is 1. The van der Waals surface area contributed by atoms with E-state index in [4.69, 9.17) is 5.73 Å². The van der Waals surface area contributed by atoms with Gasteiger partial charge in [-0.15, -0.1) is 0 Å². The summed E-state index contributed by atoms with van der Waals surface area (Å²) in [5, 5.41) is 3.11. The van der Waals surface area contributed by atoms with Crippen molar-refractivity contribution in [2.75, 3.05) is 18.8 Å². The molecule has 1 amide bonds. The summed E-state index contributed by atoms with van der Waals surface area (Å²) in [5.41, 5.74) is 6.60. The number of aromatic amines is 1. The van der Waals surface area contributed by atoms with Gasteiger partial charge in [0.25, 0.3) is 5.91 Å². The average Bonchev–Trinajstić information content (AvgIpc) is 2.87. The molecule has 0 spiro atoms. The predicted molar refractivity (Wildman–Crippen MR) is 89.9 cm³/mol. The number of nitrogens with zero attached hydrogens (tertiary/aromatic N) is 1. The second-order valence-corrected chi connectivity index (χ2v) is 7.63. The molecule has 0 saturated carbocycles. The molecule has 0 saturated heterocycles. The van der Waals surface area contributed by atoms with E-state index in [0.717, 1.165) is 19.4 Å². The standard InChI is InChI=1S/C15H22N4O3S/c1-2-3-7-17-8-9-23(21,22)10-13-18-12-6-4-5-11(15(16)20)14(12)19-13/h4-6,17H,2-3,7-10H2,1H3,(H2,16,20)(H,18,19). The van der Waals surface area contributed by atoms with Gasteiger partial charge in [0.2, 0.25) is 0 Å². The minimum atomic E-state index is -3.27. The number of nitrogens with two attached hydrogens (primary N) is 1. The number of hydrogen-bond acceptors (Lipinski definition) is 5. The lowest BCUT2D eigenvalue weighted by Gasteiger charge is -2.04. The molecule has 0 bridgehead atoms. The van der Waals surface area contributed by atoms with Crippen LogP contribution in [0.5, 0.6) is 0 Å². The predicted octanol–water partition coefficient (Wildman–Crippen LogP) is 0.966. The van der Waals surface area contributed by atoms with Crippen molar-refractivity contribution in [1.29, 1.82) is 0 Å². The van der Waals surface area contributed by atoms with Gasteiger partial charge in [0.15, 0.2) is 9.84 Å². The number of carbonyl (C=O) groups excluding carboxylic acids is 1. The van der Waals surface area contributed by atoms with Crippen LogP contribution in [0.1, 0.15) is 35.9 Å². The van der Waals surface area contributed by atoms with Crippen molar-refractivity contribution >= 4 is 26.8 Å². The third kappa shape index (κ3) is 4.77. The van der Waals surface area contributed by atoms with E-state index in [2.05, 4.69) is 22.2 Å². The normalized spacial score (nSPS) is 11.9. The second-order valence-electron chi connectivity index (χ2n) is 5.45. The number of fused-ring (bicyclic) bond motifs is 1. The molecule has 2 rings (SSSR count). The van der Waals surface area contributed by atoms with Gasteiger partial charge in [-0.3, -0.25) is 4.79 Å². The second kappa shape index (κ2) is 7.56. The lowest BCUT2D eigenvalue weighted by molar-refractivity contribution is 0.100. The van der Waals surface area contributed by atoms with Crippen LogP contribution in [0.2, 0.25) is 0 Å². The van der Waals surface area contributed by atoms with Crippen molar-refractivity contribution in [3.05, 3.63) is 29.6 Å². The van der Waals surface area contributed by atoms with E-state index in [9.17, 15) is 13.2 Å². The van der Waals surface area contributed by atoms with Crippen molar-refractivity contribution in [3.63, 3.8) is 0 Å². The van der Waals surface area contributed by atoms with Crippen LogP contribution in [-0.4, -0.2) is 43.1 Å². The van der Waals surface area contributed by atoms with Gasteiger partial charge < -0.3 is 16.0 Å². The van der Waals surface area contributed by atoms with Crippen LogP contribution in [-0.2, 0) is 15.6 Å². The minimum absolute atomic E-state index is 0.0520. The Morgan fingerprint density at radius 2 is 2.13 bits per heavy atom. The zero-order valence-corrected chi connectivity index (χ0v) is 13.9. The highest BCUT2D eigenvalue weighted by Crippen LogP contribution is 2.17. The Hall–Kier alpha value is -1.93. The quantitative estimate of drug-likeness (QED) is 0.589. The highest BCUT2D eigenvalue weighted by Gasteiger charge is 2.16. The maximum absolute atomic E-state index is 12.1. The number of sulfone groups is 1. The first kappa shape index (κ1) is 17.4. The van der Waals surface area contributed by atoms with Crippen LogP contribution in [0.3, 0.4) is 0 Å². The Labute approximate surface area is 135 Å². The molecule has 4 N–H and O–H groups in total. The number of imidazole rings is 1. The number of unbranched alkanes of at least 4 members (excludes halogenated alkanes) is 1. The Balaban J connectivity index is 2.06. The van der Waals surface area contributed by atoms with Gasteiger partial charge in [-0.1, -0.05) is 19.4 Å². The largest absolute Gasteiger partial charge is 0.366 e. The summed E-state index contributed by atoms with van der Waals surface area (Å²) in [7, 11) is -3.27. The van der Waals surface area contributed by atoms with Crippen molar-refractivity contribution in [1.82, 2.24) is 15.3 Å². The Morgan fingerprint density at radius 3 is 2.83 bits per heavy atom. The lowest BCUT2D eigenvalue weighted by Crippen LogP contribution is -2.24. The van der Waals surface area contributed by atoms with E-state index >= 15 is 0 Å². The number of amides is 1. The van der Waals surface area contributed by atoms with Gasteiger partial charge in [-0.2, -0.15) is 0 Å². The monoisotopic (exact) mass is 338 g/mol. The van der Waals surface area contributed by atoms with Gasteiger partial charge in [-0.05, 0) is 25.1 Å². The fourth-order valence-corrected chi connectivity index (χ4v) is 3.44. The van der Waals surface area contributed by atoms with Crippen LogP contribution in [0.4, 0.5) is 0 Å². The molecular weight excluding hydrogens is 316 g/mol. The Morgan fingerprint density at radius 1 is 1.35 bits per heavy atom. The van der Waals surface area contributed by atoms with Crippen LogP contribution >= 0.6 is 0 Å². The molecule has 126 valence electrons. The molecule has 1 aromatic heterocycles. The van der Waals surface area contributed by atoms with E-state index in [-0.39, 0.29) is 17.1 Å². The van der Waals surface area contributed by atoms with Crippen molar-refractivity contribution < 1.29 is 13.2 Å². The first-order valence-electron chi connectivity index (χ1n) is 7.61. The molecule has 0 atom stereocenters. The molecule has 1 heterocycles. The molecule has 0 aliphatic rings. The molecule has 23 heavy (non-hydrogen) atoms. The number of hydrogen-bond donors (Lipinski definition) is 3. The Kier molecular flexibility index (Phi) is 5.73. The van der Waals surface area contributed by atoms with Crippen molar-refractivity contribution in [2.45, 2.75) is 25.5 Å². The first-order chi connectivity index (χ1) is 10.9. The van der Waals surface area contributed by atoms with Crippen molar-refractivity contribution in [2.24, 2.45) is 5.73 Å². The molecule has 2 aromatic rings. The first-order valence-corrected chi connectivity index (χ1v) is 9.43. The van der Waals surface area contributed by atoms with E-state index < -0.39 is 15.7 Å². The summed E-state index contributed by atoms with van der Waals surface area (Å²) in [6.45, 7) is 3.33. The highest BCUT2D eigenvalue weighted by atomic mass is 32.2. The zero-order chi connectivity index (χ0) is 16.9. The smallest absolute Gasteiger partial charge is 0.250 e. The number of primary amides is 1. The molecule has 7 nitrogen and oxygen atoms in total. The summed E-state index contributed by atoms with van der Waals surface area (Å²) < 4.78 is 24.3. The van der Waals surface area contributed by atoms with E-state index in [0.29, 0.717) is 23.4 Å². The minimum Gasteiger partial charge on any atom is -0.366 e. The number of nitrogens with one attached hydrogen (secondary N) is 2. The fourth-order valence-electron chi connectivity index (χ4n) is 2.29. The molecule has 0 aliphatic heterocycles. The van der Waals surface area contributed by atoms with Crippen LogP contribution in [0, 0.1) is 0 Å². The van der Waals surface area contributed by atoms with E-state index in [1.807, 2.05) is 0 Å². The summed E-state index contributed by atoms with van der Waals surface area (Å²) in [6, 6.07) is 4.98. The van der Waals surface area contributed by atoms with E-state index in [1.165, 1.54) is 0 Å². The maximum atomic E-state index is 12.1. The lowest BCUT2D eigenvalue weighted by atomic mass is 10.2. The summed E-state index contributed by atoms with van der Waals surface area (Å²) in [6.07, 6.45) is 2.10. The van der Waals surface area contributed by atoms with Crippen LogP contribution < -0.4 is 11.1 Å². The zero-order valence-electron chi connectivity index (χ0n) is 13.1. The summed E-state index contributed by atoms with van der Waals surface area (Å²) in [4.78, 5) is 18.5. The van der Waals surface area contributed by atoms with Gasteiger partial charge in [0.05, 0.1) is 16.8 Å². The number of rotatable bonds is 9. The van der Waals surface area contributed by atoms with Crippen LogP contribution in [0.15, 0.2) is 18.2 Å². The molecule has 0 fully saturated rings. The topological polar surface area (TPSA) is 118 Å². The molecule has 0 aliphatic carbocycles. The SMILES string of the molecule is CCCCNCCS(=O)(=O)Cc1nc2c(C(N)=O)cccc2[nH]1. The van der Waals surface area contributed by atoms with Gasteiger partial charge in [-0.25, -0.2) is 13.4 Å². The third-order valence-electron chi connectivity index (χ3n) is 3.48. The van der Waals surface area contributed by atoms with Gasteiger partial charge >= 0.3 is 0 Å². The van der Waals surface area contributed by atoms with Crippen molar-refractivity contribution in [3.8, 4) is 0 Å². The maximum Gasteiger partial charge on any atom is 0.250 e. The van der Waals surface area contributed by atoms with Gasteiger partial charge in [0.1, 0.15) is 17.1 Å².